The van der Waals surface area contributed by atoms with Gasteiger partial charge in [-0.15, -0.1) is 0 Å². The largest absolute Gasteiger partial charge is 0.479 e. The van der Waals surface area contributed by atoms with E-state index in [4.69, 9.17) is 9.84 Å². The molecule has 0 spiro atoms. The van der Waals surface area contributed by atoms with Gasteiger partial charge < -0.3 is 14.7 Å². The fourth-order valence-corrected chi connectivity index (χ4v) is 3.09. The highest BCUT2D eigenvalue weighted by Crippen LogP contribution is 2.23. The van der Waals surface area contributed by atoms with Crippen molar-refractivity contribution in [1.29, 1.82) is 0 Å². The first-order valence-electron chi connectivity index (χ1n) is 7.39. The molecule has 0 bridgehead atoms. The highest BCUT2D eigenvalue weighted by Gasteiger charge is 2.37. The molecular weight excluding hydrogens is 270 g/mol. The molecule has 0 saturated carbocycles. The van der Waals surface area contributed by atoms with E-state index in [1.54, 1.807) is 0 Å². The van der Waals surface area contributed by atoms with Gasteiger partial charge in [0.05, 0.1) is 0 Å². The van der Waals surface area contributed by atoms with Crippen LogP contribution < -0.4 is 0 Å². The second-order valence-corrected chi connectivity index (χ2v) is 5.62. The predicted octanol–water partition coefficient (Wildman–Crippen LogP) is 1.25. The lowest BCUT2D eigenvalue weighted by Crippen LogP contribution is -2.41. The van der Waals surface area contributed by atoms with Crippen LogP contribution in [0, 0.1) is 0 Å². The zero-order chi connectivity index (χ0) is 14.8. The lowest BCUT2D eigenvalue weighted by Gasteiger charge is -2.23. The van der Waals surface area contributed by atoms with Crippen LogP contribution in [0.1, 0.15) is 24.0 Å². The third-order valence-electron chi connectivity index (χ3n) is 4.30. The van der Waals surface area contributed by atoms with Gasteiger partial charge in [-0.3, -0.25) is 4.79 Å². The van der Waals surface area contributed by atoms with Crippen LogP contribution in [-0.2, 0) is 27.2 Å². The smallest absolute Gasteiger partial charge is 0.332 e. The van der Waals surface area contributed by atoms with E-state index in [0.717, 1.165) is 12.8 Å². The first kappa shape index (κ1) is 14.1. The van der Waals surface area contributed by atoms with Gasteiger partial charge in [0.15, 0.2) is 6.10 Å². The van der Waals surface area contributed by atoms with Crippen molar-refractivity contribution in [3.8, 4) is 0 Å². The first-order valence-corrected chi connectivity index (χ1v) is 7.39. The molecule has 1 amide bonds. The molecule has 5 nitrogen and oxygen atoms in total. The van der Waals surface area contributed by atoms with Crippen molar-refractivity contribution in [2.75, 3.05) is 13.1 Å². The summed E-state index contributed by atoms with van der Waals surface area (Å²) in [7, 11) is 0. The minimum Gasteiger partial charge on any atom is -0.479 e. The molecule has 2 aliphatic rings. The minimum absolute atomic E-state index is 0.0634. The van der Waals surface area contributed by atoms with Gasteiger partial charge >= 0.3 is 5.97 Å². The van der Waals surface area contributed by atoms with E-state index in [2.05, 4.69) is 12.1 Å². The van der Waals surface area contributed by atoms with Crippen LogP contribution in [0.5, 0.6) is 0 Å². The van der Waals surface area contributed by atoms with Crippen LogP contribution in [0.25, 0.3) is 0 Å². The predicted molar refractivity (Wildman–Crippen MR) is 76.0 cm³/mol. The van der Waals surface area contributed by atoms with Gasteiger partial charge in [-0.2, -0.15) is 0 Å². The van der Waals surface area contributed by atoms with Crippen LogP contribution >= 0.6 is 0 Å². The molecule has 1 aromatic carbocycles. The van der Waals surface area contributed by atoms with Crippen molar-refractivity contribution in [2.24, 2.45) is 0 Å². The number of rotatable bonds is 2. The van der Waals surface area contributed by atoms with Crippen molar-refractivity contribution in [3.63, 3.8) is 0 Å². The quantitative estimate of drug-likeness (QED) is 0.889. The van der Waals surface area contributed by atoms with E-state index in [0.29, 0.717) is 25.9 Å². The van der Waals surface area contributed by atoms with Crippen LogP contribution in [0.3, 0.4) is 0 Å². The van der Waals surface area contributed by atoms with Gasteiger partial charge in [-0.1, -0.05) is 24.3 Å². The highest BCUT2D eigenvalue weighted by molar-refractivity contribution is 5.82. The van der Waals surface area contributed by atoms with Crippen LogP contribution in [0.4, 0.5) is 0 Å². The normalized spacial score (nSPS) is 25.2. The summed E-state index contributed by atoms with van der Waals surface area (Å²) in [4.78, 5) is 25.2. The molecule has 112 valence electrons. The number of carboxylic acid groups (broad SMARTS) is 1. The highest BCUT2D eigenvalue weighted by atomic mass is 16.5. The fourth-order valence-electron chi connectivity index (χ4n) is 3.09. The Bertz CT molecular complexity index is 530. The maximum Gasteiger partial charge on any atom is 0.332 e. The number of fused-ring (bicyclic) bond motifs is 1. The van der Waals surface area contributed by atoms with Crippen molar-refractivity contribution in [2.45, 2.75) is 37.9 Å². The lowest BCUT2D eigenvalue weighted by atomic mass is 10.0. The summed E-state index contributed by atoms with van der Waals surface area (Å²) < 4.78 is 5.37. The molecule has 1 fully saturated rings. The Labute approximate surface area is 123 Å². The lowest BCUT2D eigenvalue weighted by molar-refractivity contribution is -0.154. The Kier molecular flexibility index (Phi) is 3.92. The van der Waals surface area contributed by atoms with Gasteiger partial charge in [0.25, 0.3) is 5.91 Å². The first-order chi connectivity index (χ1) is 10.1. The SMILES string of the molecule is O=C(O)C1CCC(C(=O)N2CCc3ccccc3CC2)O1. The summed E-state index contributed by atoms with van der Waals surface area (Å²) in [6.45, 7) is 1.35. The number of nitrogens with zero attached hydrogens (tertiary/aromatic N) is 1. The van der Waals surface area contributed by atoms with Crippen LogP contribution in [-0.4, -0.2) is 47.2 Å². The Morgan fingerprint density at radius 3 is 2.14 bits per heavy atom. The average molecular weight is 289 g/mol. The zero-order valence-corrected chi connectivity index (χ0v) is 11.8. The van der Waals surface area contributed by atoms with E-state index in [-0.39, 0.29) is 5.91 Å². The van der Waals surface area contributed by atoms with Gasteiger partial charge in [0.1, 0.15) is 6.10 Å². The topological polar surface area (TPSA) is 66.8 Å². The zero-order valence-electron chi connectivity index (χ0n) is 11.8. The van der Waals surface area contributed by atoms with Crippen molar-refractivity contribution in [1.82, 2.24) is 4.90 Å². The number of ether oxygens (including phenoxy) is 1. The molecule has 2 aliphatic heterocycles. The Balaban J connectivity index is 1.64. The summed E-state index contributed by atoms with van der Waals surface area (Å²) in [6, 6.07) is 8.26. The number of amides is 1. The number of aliphatic carboxylic acids is 1. The molecule has 1 saturated heterocycles. The van der Waals surface area contributed by atoms with E-state index >= 15 is 0 Å². The van der Waals surface area contributed by atoms with E-state index in [1.165, 1.54) is 11.1 Å². The molecule has 0 aromatic heterocycles. The maximum atomic E-state index is 12.5. The van der Waals surface area contributed by atoms with Crippen molar-refractivity contribution < 1.29 is 19.4 Å². The maximum absolute atomic E-state index is 12.5. The van der Waals surface area contributed by atoms with E-state index < -0.39 is 18.2 Å². The molecule has 2 atom stereocenters. The monoisotopic (exact) mass is 289 g/mol. The summed E-state index contributed by atoms with van der Waals surface area (Å²) in [5, 5.41) is 8.94. The van der Waals surface area contributed by atoms with Crippen molar-refractivity contribution in [3.05, 3.63) is 35.4 Å². The molecule has 5 heteroatoms. The molecule has 3 rings (SSSR count). The molecule has 2 heterocycles. The molecular formula is C16H19NO4. The average Bonchev–Trinajstić information content (AvgIpc) is 2.88. The van der Waals surface area contributed by atoms with Gasteiger partial charge in [-0.25, -0.2) is 4.79 Å². The third kappa shape index (κ3) is 2.93. The Morgan fingerprint density at radius 1 is 1.05 bits per heavy atom. The second kappa shape index (κ2) is 5.85. The molecule has 1 aromatic rings. The van der Waals surface area contributed by atoms with E-state index in [9.17, 15) is 9.59 Å². The van der Waals surface area contributed by atoms with Crippen LogP contribution in [0.15, 0.2) is 24.3 Å². The van der Waals surface area contributed by atoms with E-state index in [1.807, 2.05) is 17.0 Å². The Hall–Kier alpha value is -1.88. The van der Waals surface area contributed by atoms with Crippen LogP contribution in [0.2, 0.25) is 0 Å². The second-order valence-electron chi connectivity index (χ2n) is 5.62. The summed E-state index contributed by atoms with van der Waals surface area (Å²) in [6.07, 6.45) is 1.18. The molecule has 2 unspecified atom stereocenters. The van der Waals surface area contributed by atoms with Gasteiger partial charge in [0, 0.05) is 13.1 Å². The standard InChI is InChI=1S/C16H19NO4/c18-15(13-5-6-14(21-13)16(19)20)17-9-7-11-3-1-2-4-12(11)8-10-17/h1-4,13-14H,5-10H2,(H,19,20). The number of hydrogen-bond acceptors (Lipinski definition) is 3. The minimum atomic E-state index is -0.978. The molecule has 0 aliphatic carbocycles. The molecule has 1 N–H and O–H groups in total. The Morgan fingerprint density at radius 2 is 1.62 bits per heavy atom. The number of carbonyl (C=O) groups is 2. The number of benzene rings is 1. The molecule has 21 heavy (non-hydrogen) atoms. The summed E-state index contributed by atoms with van der Waals surface area (Å²) >= 11 is 0. The summed E-state index contributed by atoms with van der Waals surface area (Å²) in [5.41, 5.74) is 2.59. The van der Waals surface area contributed by atoms with Crippen molar-refractivity contribution >= 4 is 11.9 Å². The van der Waals surface area contributed by atoms with Gasteiger partial charge in [-0.05, 0) is 36.8 Å². The summed E-state index contributed by atoms with van der Waals surface area (Å²) in [5.74, 6) is -1.04. The number of carboxylic acids is 1. The molecule has 0 radical (unpaired) electrons. The fraction of sp³-hybridized carbons (Fsp3) is 0.500. The number of hydrogen-bond donors (Lipinski definition) is 1. The third-order valence-corrected chi connectivity index (χ3v) is 4.30. The van der Waals surface area contributed by atoms with Gasteiger partial charge in [0.2, 0.25) is 0 Å². The number of carbonyl (C=O) groups excluding carboxylic acids is 1.